The van der Waals surface area contributed by atoms with Gasteiger partial charge in [-0.1, -0.05) is 23.7 Å². The molecule has 4 heteroatoms. The summed E-state index contributed by atoms with van der Waals surface area (Å²) in [6.45, 7) is 2.24. The van der Waals surface area contributed by atoms with Gasteiger partial charge in [-0.2, -0.15) is 0 Å². The average Bonchev–Trinajstić information content (AvgIpc) is 2.90. The largest absolute Gasteiger partial charge is 0.493 e. The van der Waals surface area contributed by atoms with Crippen LogP contribution in [0.5, 0.6) is 5.75 Å². The Morgan fingerprint density at radius 1 is 1.38 bits per heavy atom. The molecule has 2 aromatic carbocycles. The number of benzene rings is 2. The normalized spacial score (nSPS) is 12.9. The van der Waals surface area contributed by atoms with Crippen LogP contribution in [-0.2, 0) is 12.8 Å². The fourth-order valence-corrected chi connectivity index (χ4v) is 2.87. The molecule has 0 bridgehead atoms. The molecule has 0 atom stereocenters. The van der Waals surface area contributed by atoms with Crippen molar-refractivity contribution >= 4 is 17.4 Å². The third kappa shape index (κ3) is 2.66. The number of Topliss-reactive ketones (excluding diaryl/α,β-unsaturated/α-hetero) is 1. The zero-order valence-corrected chi connectivity index (χ0v) is 12.3. The van der Waals surface area contributed by atoms with Crippen LogP contribution in [0.3, 0.4) is 0 Å². The highest BCUT2D eigenvalue weighted by atomic mass is 35.5. The molecule has 2 aromatic rings. The van der Waals surface area contributed by atoms with Crippen molar-refractivity contribution < 1.29 is 13.9 Å². The molecule has 0 fully saturated rings. The van der Waals surface area contributed by atoms with Gasteiger partial charge >= 0.3 is 0 Å². The van der Waals surface area contributed by atoms with E-state index >= 15 is 0 Å². The van der Waals surface area contributed by atoms with Gasteiger partial charge in [0.25, 0.3) is 0 Å². The van der Waals surface area contributed by atoms with Gasteiger partial charge in [0.2, 0.25) is 0 Å². The van der Waals surface area contributed by atoms with E-state index in [0.29, 0.717) is 17.2 Å². The molecule has 21 heavy (non-hydrogen) atoms. The molecule has 0 N–H and O–H groups in total. The van der Waals surface area contributed by atoms with Crippen LogP contribution in [0.2, 0.25) is 5.02 Å². The molecule has 0 saturated carbocycles. The van der Waals surface area contributed by atoms with Crippen LogP contribution in [0.15, 0.2) is 30.3 Å². The number of hydrogen-bond donors (Lipinski definition) is 0. The van der Waals surface area contributed by atoms with Crippen LogP contribution >= 0.6 is 11.6 Å². The lowest BCUT2D eigenvalue weighted by Gasteiger charge is -2.09. The number of ether oxygens (including phenoxy) is 1. The number of halogens is 2. The first-order valence-electron chi connectivity index (χ1n) is 6.78. The number of aryl methyl sites for hydroxylation is 1. The Kier molecular flexibility index (Phi) is 3.68. The number of fused-ring (bicyclic) bond motifs is 1. The number of carbonyl (C=O) groups is 1. The topological polar surface area (TPSA) is 26.3 Å². The van der Waals surface area contributed by atoms with Gasteiger partial charge in [0, 0.05) is 23.4 Å². The maximum absolute atomic E-state index is 14.0. The van der Waals surface area contributed by atoms with Gasteiger partial charge in [-0.15, -0.1) is 0 Å². The van der Waals surface area contributed by atoms with Crippen LogP contribution in [0.25, 0.3) is 0 Å². The number of carbonyl (C=O) groups excluding carboxylic acids is 1. The summed E-state index contributed by atoms with van der Waals surface area (Å²) in [4.78, 5) is 12.4. The van der Waals surface area contributed by atoms with Crippen molar-refractivity contribution in [3.63, 3.8) is 0 Å². The van der Waals surface area contributed by atoms with E-state index in [4.69, 9.17) is 16.3 Å². The molecule has 1 aliphatic rings. The average molecular weight is 305 g/mol. The SMILES string of the molecule is Cc1cccc(C(=O)Cc2cc(Cl)cc3c2OCC3)c1F. The molecule has 3 rings (SSSR count). The Bertz CT molecular complexity index is 725. The third-order valence-electron chi connectivity index (χ3n) is 3.67. The maximum atomic E-state index is 14.0. The minimum Gasteiger partial charge on any atom is -0.493 e. The van der Waals surface area contributed by atoms with Gasteiger partial charge < -0.3 is 4.74 Å². The summed E-state index contributed by atoms with van der Waals surface area (Å²) >= 11 is 6.07. The summed E-state index contributed by atoms with van der Waals surface area (Å²) in [7, 11) is 0. The lowest BCUT2D eigenvalue weighted by atomic mass is 9.98. The summed E-state index contributed by atoms with van der Waals surface area (Å²) in [5.41, 5.74) is 2.31. The van der Waals surface area contributed by atoms with Crippen LogP contribution in [0, 0.1) is 12.7 Å². The van der Waals surface area contributed by atoms with E-state index in [0.717, 1.165) is 23.3 Å². The van der Waals surface area contributed by atoms with E-state index in [1.54, 1.807) is 25.1 Å². The fraction of sp³-hybridized carbons (Fsp3) is 0.235. The van der Waals surface area contributed by atoms with Crippen LogP contribution in [0.1, 0.15) is 27.0 Å². The molecule has 0 saturated heterocycles. The van der Waals surface area contributed by atoms with Gasteiger partial charge in [-0.25, -0.2) is 4.39 Å². The van der Waals surface area contributed by atoms with Crippen LogP contribution in [0.4, 0.5) is 4.39 Å². The van der Waals surface area contributed by atoms with E-state index in [9.17, 15) is 9.18 Å². The van der Waals surface area contributed by atoms with Crippen molar-refractivity contribution in [2.45, 2.75) is 19.8 Å². The summed E-state index contributed by atoms with van der Waals surface area (Å²) in [5, 5.41) is 0.576. The second-order valence-corrected chi connectivity index (χ2v) is 5.62. The van der Waals surface area contributed by atoms with Gasteiger partial charge in [-0.3, -0.25) is 4.79 Å². The zero-order valence-electron chi connectivity index (χ0n) is 11.6. The predicted octanol–water partition coefficient (Wildman–Crippen LogP) is 4.15. The first kappa shape index (κ1) is 14.1. The smallest absolute Gasteiger partial charge is 0.170 e. The second-order valence-electron chi connectivity index (χ2n) is 5.19. The lowest BCUT2D eigenvalue weighted by Crippen LogP contribution is -2.08. The zero-order chi connectivity index (χ0) is 15.0. The van der Waals surface area contributed by atoms with E-state index in [1.807, 2.05) is 6.07 Å². The minimum atomic E-state index is -0.456. The predicted molar refractivity (Wildman–Crippen MR) is 79.8 cm³/mol. The molecule has 0 unspecified atom stereocenters. The minimum absolute atomic E-state index is 0.0866. The molecule has 0 aromatic heterocycles. The molecule has 1 heterocycles. The van der Waals surface area contributed by atoms with E-state index in [1.165, 1.54) is 6.07 Å². The number of rotatable bonds is 3. The summed E-state index contributed by atoms with van der Waals surface area (Å²) < 4.78 is 19.6. The Balaban J connectivity index is 1.94. The van der Waals surface area contributed by atoms with Crippen molar-refractivity contribution in [3.05, 3.63) is 63.4 Å². The Labute approximate surface area is 127 Å². The fourth-order valence-electron chi connectivity index (χ4n) is 2.61. The molecule has 0 amide bonds. The van der Waals surface area contributed by atoms with Crippen molar-refractivity contribution in [1.82, 2.24) is 0 Å². The van der Waals surface area contributed by atoms with Gasteiger partial charge in [0.05, 0.1) is 12.2 Å². The third-order valence-corrected chi connectivity index (χ3v) is 3.89. The van der Waals surface area contributed by atoms with E-state index < -0.39 is 5.82 Å². The maximum Gasteiger partial charge on any atom is 0.170 e. The molecule has 0 spiro atoms. The molecule has 2 nitrogen and oxygen atoms in total. The lowest BCUT2D eigenvalue weighted by molar-refractivity contribution is 0.0988. The standard InChI is InChI=1S/C17H14ClFO2/c1-10-3-2-4-14(16(10)19)15(20)9-12-8-13(18)7-11-5-6-21-17(11)12/h2-4,7-8H,5-6,9H2,1H3. The Morgan fingerprint density at radius 2 is 2.19 bits per heavy atom. The number of hydrogen-bond acceptors (Lipinski definition) is 2. The first-order chi connectivity index (χ1) is 10.1. The van der Waals surface area contributed by atoms with E-state index in [2.05, 4.69) is 0 Å². The molecule has 0 aliphatic carbocycles. The highest BCUT2D eigenvalue weighted by Crippen LogP contribution is 2.33. The van der Waals surface area contributed by atoms with Gasteiger partial charge in [0.15, 0.2) is 5.78 Å². The molecule has 1 aliphatic heterocycles. The van der Waals surface area contributed by atoms with Gasteiger partial charge in [0.1, 0.15) is 11.6 Å². The Morgan fingerprint density at radius 3 is 3.00 bits per heavy atom. The quantitative estimate of drug-likeness (QED) is 0.796. The summed E-state index contributed by atoms with van der Waals surface area (Å²) in [6, 6.07) is 8.41. The molecular weight excluding hydrogens is 291 g/mol. The van der Waals surface area contributed by atoms with Crippen molar-refractivity contribution in [1.29, 1.82) is 0 Å². The monoisotopic (exact) mass is 304 g/mol. The summed E-state index contributed by atoms with van der Waals surface area (Å²) in [5.74, 6) is -0.000861. The highest BCUT2D eigenvalue weighted by molar-refractivity contribution is 6.30. The van der Waals surface area contributed by atoms with Gasteiger partial charge in [-0.05, 0) is 36.2 Å². The molecule has 0 radical (unpaired) electrons. The van der Waals surface area contributed by atoms with Crippen molar-refractivity contribution in [2.24, 2.45) is 0 Å². The number of ketones is 1. The van der Waals surface area contributed by atoms with Crippen LogP contribution < -0.4 is 4.74 Å². The van der Waals surface area contributed by atoms with Crippen LogP contribution in [-0.4, -0.2) is 12.4 Å². The first-order valence-corrected chi connectivity index (χ1v) is 7.16. The molecular formula is C17H14ClFO2. The van der Waals surface area contributed by atoms with Crippen molar-refractivity contribution in [2.75, 3.05) is 6.61 Å². The Hall–Kier alpha value is -1.87. The van der Waals surface area contributed by atoms with Crippen molar-refractivity contribution in [3.8, 4) is 5.75 Å². The highest BCUT2D eigenvalue weighted by Gasteiger charge is 2.21. The summed E-state index contributed by atoms with van der Waals surface area (Å²) in [6.07, 6.45) is 0.874. The second kappa shape index (κ2) is 5.49. The van der Waals surface area contributed by atoms with E-state index in [-0.39, 0.29) is 17.8 Å². The molecule has 108 valence electrons.